The predicted molar refractivity (Wildman–Crippen MR) is 94.7 cm³/mol. The molecule has 1 amide bonds. The van der Waals surface area contributed by atoms with Crippen molar-refractivity contribution in [3.05, 3.63) is 29.8 Å². The molecule has 10 heteroatoms. The number of ether oxygens (including phenoxy) is 3. The first kappa shape index (κ1) is 22.5. The van der Waals surface area contributed by atoms with Gasteiger partial charge in [0.2, 0.25) is 5.91 Å². The van der Waals surface area contributed by atoms with E-state index in [2.05, 4.69) is 14.8 Å². The third kappa shape index (κ3) is 6.37. The lowest BCUT2D eigenvalue weighted by Gasteiger charge is -2.27. The first-order valence-corrected chi connectivity index (χ1v) is 8.97. The van der Waals surface area contributed by atoms with Crippen molar-refractivity contribution in [3.63, 3.8) is 0 Å². The minimum absolute atomic E-state index is 0.0404. The van der Waals surface area contributed by atoms with E-state index in [1.807, 2.05) is 0 Å². The van der Waals surface area contributed by atoms with Crippen molar-refractivity contribution in [2.45, 2.75) is 51.4 Å². The predicted octanol–water partition coefficient (Wildman–Crippen LogP) is 3.89. The highest BCUT2D eigenvalue weighted by Crippen LogP contribution is 2.31. The second-order valence-corrected chi connectivity index (χ2v) is 6.29. The standard InChI is InChI=1S/C19H21F4NO5/c1-2-27-16(26)19(9-3-4-10-19)24-15(25)8-6-12-5-7-13(28-17(20)21)11-14(12)29-18(22)23/h5-8,11,17-18H,2-4,9-10H2,1H3,(H,24,25)/b8-6+. The van der Waals surface area contributed by atoms with Gasteiger partial charge < -0.3 is 19.5 Å². The third-order valence-electron chi connectivity index (χ3n) is 4.33. The number of carbonyl (C=O) groups excluding carboxylic acids is 2. The largest absolute Gasteiger partial charge is 0.464 e. The summed E-state index contributed by atoms with van der Waals surface area (Å²) in [6, 6.07) is 3.18. The molecule has 0 bridgehead atoms. The molecule has 1 aliphatic rings. The van der Waals surface area contributed by atoms with Crippen molar-refractivity contribution in [1.82, 2.24) is 5.32 Å². The van der Waals surface area contributed by atoms with E-state index in [0.717, 1.165) is 31.1 Å². The lowest BCUT2D eigenvalue weighted by Crippen LogP contribution is -2.52. The number of halogens is 4. The Morgan fingerprint density at radius 2 is 1.79 bits per heavy atom. The molecule has 0 radical (unpaired) electrons. The minimum atomic E-state index is -3.21. The second-order valence-electron chi connectivity index (χ2n) is 6.29. The van der Waals surface area contributed by atoms with E-state index in [1.54, 1.807) is 6.92 Å². The normalized spacial score (nSPS) is 15.7. The summed E-state index contributed by atoms with van der Waals surface area (Å²) in [5.74, 6) is -1.96. The van der Waals surface area contributed by atoms with E-state index in [0.29, 0.717) is 12.8 Å². The molecule has 0 saturated heterocycles. The molecule has 0 spiro atoms. The van der Waals surface area contributed by atoms with Crippen LogP contribution >= 0.6 is 0 Å². The molecular formula is C19H21F4NO5. The maximum absolute atomic E-state index is 12.6. The summed E-state index contributed by atoms with van der Waals surface area (Å²) in [6.07, 6.45) is 4.59. The fourth-order valence-electron chi connectivity index (χ4n) is 3.10. The number of amides is 1. The topological polar surface area (TPSA) is 73.9 Å². The third-order valence-corrected chi connectivity index (χ3v) is 4.33. The Bertz CT molecular complexity index is 748. The van der Waals surface area contributed by atoms with E-state index in [-0.39, 0.29) is 17.9 Å². The Labute approximate surface area is 164 Å². The van der Waals surface area contributed by atoms with E-state index in [1.165, 1.54) is 12.1 Å². The number of carbonyl (C=O) groups is 2. The lowest BCUT2D eigenvalue weighted by atomic mass is 9.97. The van der Waals surface area contributed by atoms with Crippen LogP contribution in [0.2, 0.25) is 0 Å². The first-order chi connectivity index (χ1) is 13.8. The van der Waals surface area contributed by atoms with Gasteiger partial charge in [-0.1, -0.05) is 12.8 Å². The van der Waals surface area contributed by atoms with Crippen LogP contribution in [0.1, 0.15) is 38.2 Å². The summed E-state index contributed by atoms with van der Waals surface area (Å²) in [4.78, 5) is 24.6. The smallest absolute Gasteiger partial charge is 0.387 e. The number of alkyl halides is 4. The Morgan fingerprint density at radius 1 is 1.14 bits per heavy atom. The summed E-state index contributed by atoms with van der Waals surface area (Å²) < 4.78 is 63.3. The van der Waals surface area contributed by atoms with E-state index >= 15 is 0 Å². The van der Waals surface area contributed by atoms with Crippen molar-refractivity contribution in [1.29, 1.82) is 0 Å². The average molecular weight is 419 g/mol. The number of rotatable bonds is 9. The molecule has 1 aromatic carbocycles. The molecule has 1 saturated carbocycles. The van der Waals surface area contributed by atoms with Gasteiger partial charge in [0.15, 0.2) is 0 Å². The quantitative estimate of drug-likeness (QED) is 0.373. The van der Waals surface area contributed by atoms with Crippen LogP contribution in [0.15, 0.2) is 24.3 Å². The van der Waals surface area contributed by atoms with Gasteiger partial charge in [0, 0.05) is 17.7 Å². The summed E-state index contributed by atoms with van der Waals surface area (Å²) in [5.41, 5.74) is -1.08. The molecule has 1 N–H and O–H groups in total. The van der Waals surface area contributed by atoms with Crippen molar-refractivity contribution in [2.24, 2.45) is 0 Å². The average Bonchev–Trinajstić information content (AvgIpc) is 3.10. The lowest BCUT2D eigenvalue weighted by molar-refractivity contribution is -0.152. The van der Waals surface area contributed by atoms with Crippen molar-refractivity contribution in [3.8, 4) is 11.5 Å². The number of hydrogen-bond donors (Lipinski definition) is 1. The van der Waals surface area contributed by atoms with E-state index < -0.39 is 36.4 Å². The highest BCUT2D eigenvalue weighted by atomic mass is 19.3. The summed E-state index contributed by atoms with van der Waals surface area (Å²) >= 11 is 0. The molecule has 6 nitrogen and oxygen atoms in total. The number of nitrogens with one attached hydrogen (secondary N) is 1. The van der Waals surface area contributed by atoms with Crippen molar-refractivity contribution < 1.29 is 41.4 Å². The number of hydrogen-bond acceptors (Lipinski definition) is 5. The molecule has 1 fully saturated rings. The molecule has 1 aliphatic carbocycles. The van der Waals surface area contributed by atoms with Gasteiger partial charge >= 0.3 is 19.2 Å². The summed E-state index contributed by atoms with van der Waals surface area (Å²) in [6.45, 7) is -4.50. The molecule has 0 aromatic heterocycles. The fraction of sp³-hybridized carbons (Fsp3) is 0.474. The van der Waals surface area contributed by atoms with Crippen molar-refractivity contribution >= 4 is 18.0 Å². The van der Waals surface area contributed by atoms with Crippen LogP contribution in [0.5, 0.6) is 11.5 Å². The molecule has 0 unspecified atom stereocenters. The van der Waals surface area contributed by atoms with Crippen LogP contribution in [-0.4, -0.2) is 37.2 Å². The van der Waals surface area contributed by atoms with Crippen LogP contribution in [-0.2, 0) is 14.3 Å². The van der Waals surface area contributed by atoms with Crippen LogP contribution in [0.4, 0.5) is 17.6 Å². The molecule has 160 valence electrons. The van der Waals surface area contributed by atoms with Gasteiger partial charge in [0.1, 0.15) is 17.0 Å². The van der Waals surface area contributed by atoms with Gasteiger partial charge in [-0.25, -0.2) is 4.79 Å². The zero-order valence-corrected chi connectivity index (χ0v) is 15.6. The summed E-state index contributed by atoms with van der Waals surface area (Å²) in [5, 5.41) is 2.63. The first-order valence-electron chi connectivity index (χ1n) is 8.97. The van der Waals surface area contributed by atoms with Gasteiger partial charge in [-0.3, -0.25) is 4.79 Å². The molecule has 0 heterocycles. The maximum Gasteiger partial charge on any atom is 0.387 e. The Morgan fingerprint density at radius 3 is 2.38 bits per heavy atom. The molecule has 0 aliphatic heterocycles. The van der Waals surface area contributed by atoms with Crippen LogP contribution in [0, 0.1) is 0 Å². The van der Waals surface area contributed by atoms with Crippen LogP contribution in [0.25, 0.3) is 6.08 Å². The van der Waals surface area contributed by atoms with Gasteiger partial charge in [0.25, 0.3) is 0 Å². The Kier molecular flexibility index (Phi) is 7.86. The fourth-order valence-corrected chi connectivity index (χ4v) is 3.10. The number of esters is 1. The zero-order valence-electron chi connectivity index (χ0n) is 15.6. The highest BCUT2D eigenvalue weighted by Gasteiger charge is 2.43. The minimum Gasteiger partial charge on any atom is -0.464 e. The summed E-state index contributed by atoms with van der Waals surface area (Å²) in [7, 11) is 0. The van der Waals surface area contributed by atoms with Gasteiger partial charge in [-0.05, 0) is 38.0 Å². The monoisotopic (exact) mass is 419 g/mol. The van der Waals surface area contributed by atoms with Crippen LogP contribution < -0.4 is 14.8 Å². The van der Waals surface area contributed by atoms with E-state index in [4.69, 9.17) is 4.74 Å². The van der Waals surface area contributed by atoms with Crippen molar-refractivity contribution in [2.75, 3.05) is 6.61 Å². The molecular weight excluding hydrogens is 398 g/mol. The second kappa shape index (κ2) is 10.1. The highest BCUT2D eigenvalue weighted by molar-refractivity contribution is 5.96. The molecule has 2 rings (SSSR count). The SMILES string of the molecule is CCOC(=O)C1(NC(=O)/C=C/c2ccc(OC(F)F)cc2OC(F)F)CCCC1. The molecule has 29 heavy (non-hydrogen) atoms. The van der Waals surface area contributed by atoms with E-state index in [9.17, 15) is 27.2 Å². The number of benzene rings is 1. The molecule has 1 aromatic rings. The molecule has 0 atom stereocenters. The zero-order chi connectivity index (χ0) is 21.4. The maximum atomic E-state index is 12.6. The Hall–Kier alpha value is -2.78. The Balaban J connectivity index is 2.16. The van der Waals surface area contributed by atoms with Gasteiger partial charge in [-0.2, -0.15) is 17.6 Å². The van der Waals surface area contributed by atoms with Gasteiger partial charge in [-0.15, -0.1) is 0 Å². The van der Waals surface area contributed by atoms with Gasteiger partial charge in [0.05, 0.1) is 6.61 Å². The van der Waals surface area contributed by atoms with Crippen LogP contribution in [0.3, 0.4) is 0 Å².